The third-order valence-electron chi connectivity index (χ3n) is 5.58. The number of hydrogen-bond acceptors (Lipinski definition) is 5. The van der Waals surface area contributed by atoms with Gasteiger partial charge in [-0.15, -0.1) is 0 Å². The fraction of sp³-hybridized carbons (Fsp3) is 0.280. The molecule has 0 unspecified atom stereocenters. The highest BCUT2D eigenvalue weighted by molar-refractivity contribution is 5.93. The Morgan fingerprint density at radius 2 is 1.88 bits per heavy atom. The van der Waals surface area contributed by atoms with Crippen molar-refractivity contribution in [2.24, 2.45) is 0 Å². The zero-order valence-corrected chi connectivity index (χ0v) is 18.0. The van der Waals surface area contributed by atoms with E-state index in [0.717, 1.165) is 16.7 Å². The van der Waals surface area contributed by atoms with Crippen molar-refractivity contribution in [3.8, 4) is 11.1 Å². The van der Waals surface area contributed by atoms with Crippen LogP contribution < -0.4 is 5.32 Å². The van der Waals surface area contributed by atoms with E-state index in [2.05, 4.69) is 15.3 Å². The normalized spacial score (nSPS) is 18.2. The SMILES string of the molecule is CCNC(=O)[C@@]1(Cc2ccccc2-c2ccccc2)CN(C(=O)c2cnccn2)CCO1. The molecule has 4 rings (SSSR count). The molecule has 2 amide bonds. The largest absolute Gasteiger partial charge is 0.361 e. The van der Waals surface area contributed by atoms with Gasteiger partial charge in [0.2, 0.25) is 0 Å². The lowest BCUT2D eigenvalue weighted by Crippen LogP contribution is -2.62. The highest BCUT2D eigenvalue weighted by atomic mass is 16.5. The molecule has 0 bridgehead atoms. The van der Waals surface area contributed by atoms with Gasteiger partial charge in [-0.3, -0.25) is 14.6 Å². The lowest BCUT2D eigenvalue weighted by molar-refractivity contribution is -0.157. The van der Waals surface area contributed by atoms with Gasteiger partial charge in [-0.2, -0.15) is 0 Å². The zero-order valence-electron chi connectivity index (χ0n) is 18.0. The minimum Gasteiger partial charge on any atom is -0.361 e. The van der Waals surface area contributed by atoms with Gasteiger partial charge in [0, 0.05) is 31.9 Å². The standard InChI is InChI=1S/C25H26N4O3/c1-2-27-24(31)25(16-20-10-6-7-11-21(20)19-8-4-3-5-9-19)18-29(14-15-32-25)23(30)22-17-26-12-13-28-22/h3-13,17H,2,14-16,18H2,1H3,(H,27,31)/t25-/m1/s1. The van der Waals surface area contributed by atoms with Gasteiger partial charge in [0.1, 0.15) is 5.69 Å². The minimum absolute atomic E-state index is 0.136. The molecular formula is C25H26N4O3. The van der Waals surface area contributed by atoms with Gasteiger partial charge in [-0.1, -0.05) is 54.6 Å². The summed E-state index contributed by atoms with van der Waals surface area (Å²) in [5, 5.41) is 2.90. The molecule has 1 N–H and O–H groups in total. The fourth-order valence-electron chi connectivity index (χ4n) is 4.06. The number of amides is 2. The number of rotatable bonds is 6. The third kappa shape index (κ3) is 4.53. The first-order valence-corrected chi connectivity index (χ1v) is 10.7. The van der Waals surface area contributed by atoms with Crippen molar-refractivity contribution in [2.75, 3.05) is 26.2 Å². The monoisotopic (exact) mass is 430 g/mol. The molecule has 7 heteroatoms. The van der Waals surface area contributed by atoms with Gasteiger partial charge in [0.15, 0.2) is 5.60 Å². The van der Waals surface area contributed by atoms with Crippen molar-refractivity contribution in [1.82, 2.24) is 20.2 Å². The lowest BCUT2D eigenvalue weighted by atomic mass is 9.87. The molecular weight excluding hydrogens is 404 g/mol. The van der Waals surface area contributed by atoms with Gasteiger partial charge < -0.3 is 15.0 Å². The second-order valence-electron chi connectivity index (χ2n) is 7.72. The summed E-state index contributed by atoms with van der Waals surface area (Å²) in [6.45, 7) is 3.13. The quantitative estimate of drug-likeness (QED) is 0.650. The molecule has 0 spiro atoms. The van der Waals surface area contributed by atoms with E-state index in [9.17, 15) is 9.59 Å². The molecule has 3 aromatic rings. The molecule has 1 aliphatic rings. The van der Waals surface area contributed by atoms with E-state index < -0.39 is 5.60 Å². The van der Waals surface area contributed by atoms with Crippen LogP contribution in [0.4, 0.5) is 0 Å². The molecule has 1 saturated heterocycles. The van der Waals surface area contributed by atoms with Crippen LogP contribution in [-0.4, -0.2) is 58.5 Å². The molecule has 1 aliphatic heterocycles. The lowest BCUT2D eigenvalue weighted by Gasteiger charge is -2.41. The summed E-state index contributed by atoms with van der Waals surface area (Å²) >= 11 is 0. The molecule has 0 aliphatic carbocycles. The van der Waals surface area contributed by atoms with Crippen LogP contribution >= 0.6 is 0 Å². The maximum absolute atomic E-state index is 13.3. The van der Waals surface area contributed by atoms with E-state index in [-0.39, 0.29) is 30.7 Å². The summed E-state index contributed by atoms with van der Waals surface area (Å²) < 4.78 is 6.15. The van der Waals surface area contributed by atoms with E-state index in [1.54, 1.807) is 4.90 Å². The summed E-state index contributed by atoms with van der Waals surface area (Å²) in [4.78, 5) is 36.1. The number of carbonyl (C=O) groups is 2. The highest BCUT2D eigenvalue weighted by Gasteiger charge is 2.45. The molecule has 164 valence electrons. The Morgan fingerprint density at radius 1 is 1.09 bits per heavy atom. The van der Waals surface area contributed by atoms with Crippen molar-refractivity contribution in [2.45, 2.75) is 18.9 Å². The van der Waals surface area contributed by atoms with Crippen LogP contribution in [0.2, 0.25) is 0 Å². The third-order valence-corrected chi connectivity index (χ3v) is 5.58. The van der Waals surface area contributed by atoms with Crippen molar-refractivity contribution < 1.29 is 14.3 Å². The van der Waals surface area contributed by atoms with Crippen molar-refractivity contribution >= 4 is 11.8 Å². The number of aromatic nitrogens is 2. The fourth-order valence-corrected chi connectivity index (χ4v) is 4.06. The molecule has 1 fully saturated rings. The van der Waals surface area contributed by atoms with E-state index in [0.29, 0.717) is 19.5 Å². The second-order valence-corrected chi connectivity index (χ2v) is 7.72. The van der Waals surface area contributed by atoms with Crippen LogP contribution in [0.25, 0.3) is 11.1 Å². The van der Waals surface area contributed by atoms with Crippen LogP contribution in [0, 0.1) is 0 Å². The smallest absolute Gasteiger partial charge is 0.274 e. The number of nitrogens with one attached hydrogen (secondary N) is 1. The first kappa shape index (κ1) is 21.6. The Bertz CT molecular complexity index is 1070. The number of carbonyl (C=O) groups excluding carboxylic acids is 2. The first-order chi connectivity index (χ1) is 15.6. The highest BCUT2D eigenvalue weighted by Crippen LogP contribution is 2.30. The topological polar surface area (TPSA) is 84.4 Å². The molecule has 2 heterocycles. The molecule has 1 aromatic heterocycles. The Hall–Kier alpha value is -3.58. The molecule has 0 saturated carbocycles. The zero-order chi connectivity index (χ0) is 22.4. The Morgan fingerprint density at radius 3 is 2.62 bits per heavy atom. The summed E-state index contributed by atoms with van der Waals surface area (Å²) in [6.07, 6.45) is 4.79. The van der Waals surface area contributed by atoms with Crippen molar-refractivity contribution in [3.05, 3.63) is 84.4 Å². The van der Waals surface area contributed by atoms with Crippen molar-refractivity contribution in [3.63, 3.8) is 0 Å². The predicted octanol–water partition coefficient (Wildman–Crippen LogP) is 2.73. The van der Waals surface area contributed by atoms with Crippen LogP contribution in [0.3, 0.4) is 0 Å². The Labute approximate surface area is 187 Å². The number of morpholine rings is 1. The molecule has 7 nitrogen and oxygen atoms in total. The molecule has 32 heavy (non-hydrogen) atoms. The average Bonchev–Trinajstić information content (AvgIpc) is 2.85. The summed E-state index contributed by atoms with van der Waals surface area (Å²) in [6, 6.07) is 18.0. The number of hydrogen-bond donors (Lipinski definition) is 1. The van der Waals surface area contributed by atoms with Crippen LogP contribution in [0.1, 0.15) is 23.0 Å². The maximum atomic E-state index is 13.3. The van der Waals surface area contributed by atoms with Crippen molar-refractivity contribution in [1.29, 1.82) is 0 Å². The molecule has 1 atom stereocenters. The number of likely N-dealkylation sites (N-methyl/N-ethyl adjacent to an activating group) is 1. The Balaban J connectivity index is 1.68. The van der Waals surface area contributed by atoms with E-state index in [4.69, 9.17) is 4.74 Å². The predicted molar refractivity (Wildman–Crippen MR) is 121 cm³/mol. The van der Waals surface area contributed by atoms with Crippen LogP contribution in [-0.2, 0) is 16.0 Å². The summed E-state index contributed by atoms with van der Waals surface area (Å²) in [5.74, 6) is -0.481. The van der Waals surface area contributed by atoms with Gasteiger partial charge in [0.05, 0.1) is 19.3 Å². The average molecular weight is 431 g/mol. The summed E-state index contributed by atoms with van der Waals surface area (Å²) in [7, 11) is 0. The van der Waals surface area contributed by atoms with Gasteiger partial charge in [0.25, 0.3) is 11.8 Å². The van der Waals surface area contributed by atoms with Crippen LogP contribution in [0.5, 0.6) is 0 Å². The summed E-state index contributed by atoms with van der Waals surface area (Å²) in [5.41, 5.74) is 2.15. The van der Waals surface area contributed by atoms with Gasteiger partial charge in [-0.25, -0.2) is 4.98 Å². The first-order valence-electron chi connectivity index (χ1n) is 10.7. The number of benzene rings is 2. The molecule has 0 radical (unpaired) electrons. The van der Waals surface area contributed by atoms with Gasteiger partial charge in [-0.05, 0) is 23.6 Å². The van der Waals surface area contributed by atoms with Gasteiger partial charge >= 0.3 is 0 Å². The van der Waals surface area contributed by atoms with Crippen LogP contribution in [0.15, 0.2) is 73.2 Å². The van der Waals surface area contributed by atoms with E-state index >= 15 is 0 Å². The number of ether oxygens (including phenoxy) is 1. The second kappa shape index (κ2) is 9.70. The minimum atomic E-state index is -1.20. The molecule has 2 aromatic carbocycles. The van der Waals surface area contributed by atoms with E-state index in [1.165, 1.54) is 18.6 Å². The Kier molecular flexibility index (Phi) is 6.56. The number of nitrogens with zero attached hydrogens (tertiary/aromatic N) is 3. The maximum Gasteiger partial charge on any atom is 0.274 e. The van der Waals surface area contributed by atoms with E-state index in [1.807, 2.05) is 61.5 Å².